The summed E-state index contributed by atoms with van der Waals surface area (Å²) in [6, 6.07) is 13.3. The van der Waals surface area contributed by atoms with Crippen LogP contribution in [0.1, 0.15) is 47.6 Å². The van der Waals surface area contributed by atoms with E-state index < -0.39 is 0 Å². The summed E-state index contributed by atoms with van der Waals surface area (Å²) in [5.74, 6) is 1.58. The van der Waals surface area contributed by atoms with Gasteiger partial charge < -0.3 is 0 Å². The molecule has 2 aromatic carbocycles. The lowest BCUT2D eigenvalue weighted by Crippen LogP contribution is -2.33. The Morgan fingerprint density at radius 3 is 2.60 bits per heavy atom. The molecule has 0 unspecified atom stereocenters. The first-order valence-corrected chi connectivity index (χ1v) is 9.05. The highest BCUT2D eigenvalue weighted by atomic mass is 15.0. The van der Waals surface area contributed by atoms with E-state index in [4.69, 9.17) is 4.98 Å². The summed E-state index contributed by atoms with van der Waals surface area (Å²) >= 11 is 0. The predicted octanol–water partition coefficient (Wildman–Crippen LogP) is 4.88. The first-order valence-electron chi connectivity index (χ1n) is 9.05. The van der Waals surface area contributed by atoms with Crippen LogP contribution >= 0.6 is 0 Å². The van der Waals surface area contributed by atoms with Crippen molar-refractivity contribution in [3.63, 3.8) is 0 Å². The second kappa shape index (κ2) is 5.80. The molecule has 2 nitrogen and oxygen atoms in total. The Bertz CT molecular complexity index is 984. The van der Waals surface area contributed by atoms with Crippen molar-refractivity contribution in [2.24, 2.45) is 7.05 Å². The third-order valence-corrected chi connectivity index (χ3v) is 5.30. The van der Waals surface area contributed by atoms with Crippen molar-refractivity contribution in [3.8, 4) is 22.6 Å². The molecule has 0 radical (unpaired) electrons. The molecule has 3 aromatic rings. The van der Waals surface area contributed by atoms with Crippen molar-refractivity contribution in [2.45, 2.75) is 40.0 Å². The van der Waals surface area contributed by atoms with Gasteiger partial charge in [0.1, 0.15) is 0 Å². The van der Waals surface area contributed by atoms with Crippen LogP contribution in [-0.4, -0.2) is 4.98 Å². The average Bonchev–Trinajstić information content (AvgIpc) is 2.93. The van der Waals surface area contributed by atoms with E-state index >= 15 is 0 Å². The first-order chi connectivity index (χ1) is 12.0. The number of aryl methyl sites for hydroxylation is 3. The van der Waals surface area contributed by atoms with Gasteiger partial charge in [-0.2, -0.15) is 0 Å². The predicted molar refractivity (Wildman–Crippen MR) is 103 cm³/mol. The average molecular weight is 329 g/mol. The fraction of sp³-hybridized carbons (Fsp3) is 0.304. The summed E-state index contributed by atoms with van der Waals surface area (Å²) in [4.78, 5) is 5.13. The molecule has 0 aliphatic heterocycles. The van der Waals surface area contributed by atoms with Crippen LogP contribution in [0.15, 0.2) is 42.6 Å². The molecule has 25 heavy (non-hydrogen) atoms. The Morgan fingerprint density at radius 1 is 1.04 bits per heavy atom. The fourth-order valence-corrected chi connectivity index (χ4v) is 3.96. The maximum Gasteiger partial charge on any atom is 0.331 e. The lowest BCUT2D eigenvalue weighted by molar-refractivity contribution is -0.663. The molecule has 1 aliphatic rings. The molecule has 0 saturated heterocycles. The number of hydrogen-bond donors (Lipinski definition) is 0. The van der Waals surface area contributed by atoms with Gasteiger partial charge in [-0.3, -0.25) is 0 Å². The van der Waals surface area contributed by atoms with Crippen molar-refractivity contribution >= 4 is 0 Å². The topological polar surface area (TPSA) is 16.8 Å². The van der Waals surface area contributed by atoms with Crippen LogP contribution in [0.4, 0.5) is 0 Å². The van der Waals surface area contributed by atoms with Gasteiger partial charge in [-0.1, -0.05) is 49.7 Å². The highest BCUT2D eigenvalue weighted by Gasteiger charge is 2.30. The van der Waals surface area contributed by atoms with Crippen LogP contribution in [0.25, 0.3) is 22.6 Å². The van der Waals surface area contributed by atoms with E-state index in [0.717, 1.165) is 17.9 Å². The van der Waals surface area contributed by atoms with Gasteiger partial charge in [0.05, 0.1) is 18.8 Å². The Labute approximate surface area is 150 Å². The van der Waals surface area contributed by atoms with E-state index in [9.17, 15) is 0 Å². The Kier molecular flexibility index (Phi) is 3.72. The Morgan fingerprint density at radius 2 is 1.84 bits per heavy atom. The Hall–Kier alpha value is -2.48. The first kappa shape index (κ1) is 16.0. The summed E-state index contributed by atoms with van der Waals surface area (Å²) in [6.07, 6.45) is 3.26. The van der Waals surface area contributed by atoms with Crippen molar-refractivity contribution in [2.75, 3.05) is 0 Å². The molecule has 0 bridgehead atoms. The number of benzene rings is 2. The second-order valence-corrected chi connectivity index (χ2v) is 7.57. The third-order valence-electron chi connectivity index (χ3n) is 5.30. The van der Waals surface area contributed by atoms with E-state index in [-0.39, 0.29) is 0 Å². The molecule has 1 heterocycles. The van der Waals surface area contributed by atoms with Crippen LogP contribution in [0, 0.1) is 13.8 Å². The van der Waals surface area contributed by atoms with E-state index in [0.29, 0.717) is 5.92 Å². The molecule has 2 heteroatoms. The zero-order valence-corrected chi connectivity index (χ0v) is 15.7. The standard InChI is InChI=1S/C23H25N2/c1-14(2)18-7-6-8-19-21(18)12-17-13-25(5)23(24-22(17)19)20-11-15(3)9-10-16(20)4/h6-11,13-14H,12H2,1-5H3/q+1. The number of aromatic nitrogens is 2. The molecule has 4 rings (SSSR count). The van der Waals surface area contributed by atoms with Crippen LogP contribution in [-0.2, 0) is 13.5 Å². The molecule has 0 atom stereocenters. The molecule has 126 valence electrons. The maximum atomic E-state index is 5.13. The normalized spacial score (nSPS) is 12.4. The Balaban J connectivity index is 1.93. The molecule has 0 amide bonds. The smallest absolute Gasteiger partial charge is 0.233 e. The van der Waals surface area contributed by atoms with Crippen LogP contribution in [0.3, 0.4) is 0 Å². The van der Waals surface area contributed by atoms with Crippen molar-refractivity contribution in [1.29, 1.82) is 0 Å². The highest BCUT2D eigenvalue weighted by molar-refractivity contribution is 5.76. The molecular weight excluding hydrogens is 304 g/mol. The summed E-state index contributed by atoms with van der Waals surface area (Å²) < 4.78 is 2.18. The van der Waals surface area contributed by atoms with Gasteiger partial charge in [0.2, 0.25) is 0 Å². The summed E-state index contributed by atoms with van der Waals surface area (Å²) in [5, 5.41) is 0. The van der Waals surface area contributed by atoms with Gasteiger partial charge in [-0.15, -0.1) is 0 Å². The number of nitrogens with zero attached hydrogens (tertiary/aromatic N) is 2. The summed E-state index contributed by atoms with van der Waals surface area (Å²) in [7, 11) is 2.11. The quantitative estimate of drug-likeness (QED) is 0.479. The van der Waals surface area contributed by atoms with E-state index in [1.165, 1.54) is 38.9 Å². The molecule has 1 aromatic heterocycles. The van der Waals surface area contributed by atoms with Crippen molar-refractivity contribution in [3.05, 3.63) is 70.4 Å². The lowest BCUT2D eigenvalue weighted by atomic mass is 9.94. The van der Waals surface area contributed by atoms with Gasteiger partial charge in [-0.25, -0.2) is 4.57 Å². The minimum absolute atomic E-state index is 0.538. The third kappa shape index (κ3) is 2.57. The molecule has 0 N–H and O–H groups in total. The zero-order valence-electron chi connectivity index (χ0n) is 15.7. The van der Waals surface area contributed by atoms with Crippen LogP contribution in [0.5, 0.6) is 0 Å². The van der Waals surface area contributed by atoms with Crippen LogP contribution in [0.2, 0.25) is 0 Å². The van der Waals surface area contributed by atoms with Gasteiger partial charge >= 0.3 is 5.82 Å². The van der Waals surface area contributed by atoms with Gasteiger partial charge in [0.15, 0.2) is 5.69 Å². The lowest BCUT2D eigenvalue weighted by Gasteiger charge is -2.10. The molecule has 1 aliphatic carbocycles. The monoisotopic (exact) mass is 329 g/mol. The van der Waals surface area contributed by atoms with Crippen LogP contribution < -0.4 is 4.57 Å². The molecule has 0 spiro atoms. The minimum atomic E-state index is 0.538. The fourth-order valence-electron chi connectivity index (χ4n) is 3.96. The zero-order chi connectivity index (χ0) is 17.7. The molecule has 0 saturated carbocycles. The number of rotatable bonds is 2. The maximum absolute atomic E-state index is 5.13. The minimum Gasteiger partial charge on any atom is -0.233 e. The number of hydrogen-bond acceptors (Lipinski definition) is 1. The molecule has 0 fully saturated rings. The largest absolute Gasteiger partial charge is 0.331 e. The van der Waals surface area contributed by atoms with E-state index in [2.05, 4.69) is 81.9 Å². The number of fused-ring (bicyclic) bond motifs is 3. The summed E-state index contributed by atoms with van der Waals surface area (Å²) in [6.45, 7) is 8.84. The van der Waals surface area contributed by atoms with Crippen molar-refractivity contribution in [1.82, 2.24) is 4.98 Å². The molecular formula is C23H25N2+. The van der Waals surface area contributed by atoms with Gasteiger partial charge in [0, 0.05) is 17.5 Å². The second-order valence-electron chi connectivity index (χ2n) is 7.57. The van der Waals surface area contributed by atoms with E-state index in [1.807, 2.05) is 0 Å². The summed E-state index contributed by atoms with van der Waals surface area (Å²) in [5.41, 5.74) is 10.5. The van der Waals surface area contributed by atoms with Gasteiger partial charge in [-0.05, 0) is 47.5 Å². The van der Waals surface area contributed by atoms with Gasteiger partial charge in [0.25, 0.3) is 0 Å². The van der Waals surface area contributed by atoms with E-state index in [1.54, 1.807) is 0 Å². The van der Waals surface area contributed by atoms with Crippen molar-refractivity contribution < 1.29 is 4.57 Å². The highest BCUT2D eigenvalue weighted by Crippen LogP contribution is 2.39. The SMILES string of the molecule is Cc1ccc(C)c(-c2nc3c(c[n+]2C)Cc2c-3cccc2C(C)C)c1.